The molecule has 2 heterocycles. The van der Waals surface area contributed by atoms with Gasteiger partial charge in [0.15, 0.2) is 0 Å². The summed E-state index contributed by atoms with van der Waals surface area (Å²) in [5.74, 6) is -0.991. The predicted molar refractivity (Wildman–Crippen MR) is 98.3 cm³/mol. The van der Waals surface area contributed by atoms with Crippen LogP contribution in [0.15, 0.2) is 48.5 Å². The van der Waals surface area contributed by atoms with Crippen molar-refractivity contribution >= 4 is 11.6 Å². The lowest BCUT2D eigenvalue weighted by molar-refractivity contribution is -0.124. The number of amides is 1. The number of hydrogen-bond donors (Lipinski definition) is 0. The zero-order valence-corrected chi connectivity index (χ0v) is 15.0. The third-order valence-corrected chi connectivity index (χ3v) is 5.28. The predicted octanol–water partition coefficient (Wildman–Crippen LogP) is 3.22. The SMILES string of the molecule is O=C1CO[C@H]2CCN(Cc3cc(F)cc(F)c3)C[C@@H]2CN1c1ccccc1. The van der Waals surface area contributed by atoms with Crippen LogP contribution in [0.1, 0.15) is 12.0 Å². The molecule has 0 bridgehead atoms. The van der Waals surface area contributed by atoms with Crippen molar-refractivity contribution in [2.45, 2.75) is 19.1 Å². The van der Waals surface area contributed by atoms with Gasteiger partial charge in [-0.1, -0.05) is 18.2 Å². The quantitative estimate of drug-likeness (QED) is 0.829. The van der Waals surface area contributed by atoms with E-state index in [1.54, 1.807) is 4.90 Å². The van der Waals surface area contributed by atoms with Gasteiger partial charge in [0.25, 0.3) is 5.91 Å². The highest BCUT2D eigenvalue weighted by Crippen LogP contribution is 2.28. The maximum Gasteiger partial charge on any atom is 0.252 e. The third-order valence-electron chi connectivity index (χ3n) is 5.28. The molecule has 6 heteroatoms. The van der Waals surface area contributed by atoms with Crippen molar-refractivity contribution in [3.63, 3.8) is 0 Å². The number of benzene rings is 2. The number of carbonyl (C=O) groups excluding carboxylic acids is 1. The largest absolute Gasteiger partial charge is 0.368 e. The first-order valence-corrected chi connectivity index (χ1v) is 9.23. The number of nitrogens with zero attached hydrogens (tertiary/aromatic N) is 2. The molecule has 0 aromatic heterocycles. The van der Waals surface area contributed by atoms with E-state index in [2.05, 4.69) is 4.90 Å². The Bertz CT molecular complexity index is 795. The Balaban J connectivity index is 1.48. The van der Waals surface area contributed by atoms with Crippen LogP contribution in [0.4, 0.5) is 14.5 Å². The third kappa shape index (κ3) is 4.17. The molecule has 2 aromatic carbocycles. The standard InChI is InChI=1S/C21H22F2N2O2/c22-17-8-15(9-18(23)10-17)11-24-7-6-20-16(12-24)13-25(21(26)14-27-20)19-4-2-1-3-5-19/h1-5,8-10,16,20H,6-7,11-14H2/t16-,20+/m1/s1. The maximum atomic E-state index is 13.5. The van der Waals surface area contributed by atoms with Crippen LogP contribution in [-0.2, 0) is 16.1 Å². The van der Waals surface area contributed by atoms with Gasteiger partial charge in [-0.25, -0.2) is 8.78 Å². The summed E-state index contributed by atoms with van der Waals surface area (Å²) in [5.41, 5.74) is 1.49. The van der Waals surface area contributed by atoms with E-state index >= 15 is 0 Å². The molecule has 1 amide bonds. The summed E-state index contributed by atoms with van der Waals surface area (Å²) in [6, 6.07) is 13.2. The Morgan fingerprint density at radius 3 is 2.52 bits per heavy atom. The second kappa shape index (κ2) is 7.74. The molecule has 2 fully saturated rings. The number of piperidine rings is 1. The van der Waals surface area contributed by atoms with Crippen LogP contribution < -0.4 is 4.90 Å². The summed E-state index contributed by atoms with van der Waals surface area (Å²) < 4.78 is 32.8. The van der Waals surface area contributed by atoms with E-state index < -0.39 is 11.6 Å². The minimum absolute atomic E-state index is 0.0307. The minimum Gasteiger partial charge on any atom is -0.368 e. The number of hydrogen-bond acceptors (Lipinski definition) is 3. The van der Waals surface area contributed by atoms with Gasteiger partial charge in [0, 0.05) is 43.9 Å². The lowest BCUT2D eigenvalue weighted by atomic mass is 9.93. The van der Waals surface area contributed by atoms with Gasteiger partial charge < -0.3 is 9.64 Å². The molecule has 2 aliphatic rings. The number of rotatable bonds is 3. The van der Waals surface area contributed by atoms with E-state index in [9.17, 15) is 13.6 Å². The van der Waals surface area contributed by atoms with Gasteiger partial charge in [-0.15, -0.1) is 0 Å². The second-order valence-corrected chi connectivity index (χ2v) is 7.25. The van der Waals surface area contributed by atoms with E-state index in [0.29, 0.717) is 18.7 Å². The molecule has 0 aliphatic carbocycles. The molecule has 2 saturated heterocycles. The molecule has 0 saturated carbocycles. The Morgan fingerprint density at radius 1 is 1.04 bits per heavy atom. The molecule has 2 atom stereocenters. The van der Waals surface area contributed by atoms with Crippen LogP contribution in [0, 0.1) is 17.6 Å². The van der Waals surface area contributed by atoms with Gasteiger partial charge >= 0.3 is 0 Å². The van der Waals surface area contributed by atoms with E-state index in [0.717, 1.165) is 31.3 Å². The first kappa shape index (κ1) is 18.1. The smallest absolute Gasteiger partial charge is 0.252 e. The Hall–Kier alpha value is -2.31. The van der Waals surface area contributed by atoms with Crippen LogP contribution >= 0.6 is 0 Å². The molecular weight excluding hydrogens is 350 g/mol. The summed E-state index contributed by atoms with van der Waals surface area (Å²) in [6.07, 6.45) is 0.835. The number of anilines is 1. The molecule has 0 N–H and O–H groups in total. The van der Waals surface area contributed by atoms with Crippen LogP contribution in [0.2, 0.25) is 0 Å². The summed E-state index contributed by atoms with van der Waals surface area (Å²) in [6.45, 7) is 2.65. The van der Waals surface area contributed by atoms with E-state index in [1.165, 1.54) is 12.1 Å². The monoisotopic (exact) mass is 372 g/mol. The number of fused-ring (bicyclic) bond motifs is 1. The zero-order valence-electron chi connectivity index (χ0n) is 15.0. The van der Waals surface area contributed by atoms with E-state index in [1.807, 2.05) is 30.3 Å². The molecule has 4 rings (SSSR count). The van der Waals surface area contributed by atoms with Gasteiger partial charge in [0.1, 0.15) is 18.2 Å². The lowest BCUT2D eigenvalue weighted by Crippen LogP contribution is -2.47. The number of likely N-dealkylation sites (tertiary alicyclic amines) is 1. The fourth-order valence-corrected chi connectivity index (χ4v) is 4.03. The fraction of sp³-hybridized carbons (Fsp3) is 0.381. The van der Waals surface area contributed by atoms with Crippen molar-refractivity contribution < 1.29 is 18.3 Å². The molecule has 27 heavy (non-hydrogen) atoms. The van der Waals surface area contributed by atoms with Gasteiger partial charge in [-0.05, 0) is 36.2 Å². The average molecular weight is 372 g/mol. The first-order chi connectivity index (χ1) is 13.1. The Labute approximate surface area is 157 Å². The lowest BCUT2D eigenvalue weighted by Gasteiger charge is -2.38. The molecular formula is C21H22F2N2O2. The van der Waals surface area contributed by atoms with E-state index in [4.69, 9.17) is 4.74 Å². The number of para-hydroxylation sites is 1. The molecule has 4 nitrogen and oxygen atoms in total. The second-order valence-electron chi connectivity index (χ2n) is 7.25. The van der Waals surface area contributed by atoms with Crippen molar-refractivity contribution in [1.82, 2.24) is 4.90 Å². The normalized spacial score (nSPS) is 23.8. The molecule has 0 unspecified atom stereocenters. The van der Waals surface area contributed by atoms with Crippen molar-refractivity contribution in [2.24, 2.45) is 5.92 Å². The fourth-order valence-electron chi connectivity index (χ4n) is 4.03. The number of carbonyl (C=O) groups is 1. The first-order valence-electron chi connectivity index (χ1n) is 9.23. The van der Waals surface area contributed by atoms with Gasteiger partial charge in [-0.3, -0.25) is 9.69 Å². The maximum absolute atomic E-state index is 13.5. The van der Waals surface area contributed by atoms with E-state index in [-0.39, 0.29) is 24.5 Å². The summed E-state index contributed by atoms with van der Waals surface area (Å²) in [5, 5.41) is 0. The summed E-state index contributed by atoms with van der Waals surface area (Å²) in [4.78, 5) is 16.5. The highest BCUT2D eigenvalue weighted by atomic mass is 19.1. The van der Waals surface area contributed by atoms with Gasteiger partial charge in [0.05, 0.1) is 6.10 Å². The Morgan fingerprint density at radius 2 is 1.78 bits per heavy atom. The van der Waals surface area contributed by atoms with Crippen LogP contribution in [0.3, 0.4) is 0 Å². The molecule has 2 aliphatic heterocycles. The number of halogens is 2. The van der Waals surface area contributed by atoms with Crippen LogP contribution in [-0.4, -0.2) is 43.2 Å². The molecule has 142 valence electrons. The number of ether oxygens (including phenoxy) is 1. The summed E-state index contributed by atoms with van der Waals surface area (Å²) in [7, 11) is 0. The molecule has 2 aromatic rings. The van der Waals surface area contributed by atoms with Crippen molar-refractivity contribution in [3.05, 3.63) is 65.7 Å². The van der Waals surface area contributed by atoms with Crippen molar-refractivity contribution in [1.29, 1.82) is 0 Å². The van der Waals surface area contributed by atoms with Crippen molar-refractivity contribution in [2.75, 3.05) is 31.1 Å². The van der Waals surface area contributed by atoms with Gasteiger partial charge in [-0.2, -0.15) is 0 Å². The van der Waals surface area contributed by atoms with Crippen molar-refractivity contribution in [3.8, 4) is 0 Å². The molecule has 0 spiro atoms. The average Bonchev–Trinajstić information content (AvgIpc) is 2.80. The zero-order chi connectivity index (χ0) is 18.8. The highest BCUT2D eigenvalue weighted by Gasteiger charge is 2.36. The van der Waals surface area contributed by atoms with Crippen LogP contribution in [0.25, 0.3) is 0 Å². The topological polar surface area (TPSA) is 32.8 Å². The summed E-state index contributed by atoms with van der Waals surface area (Å²) >= 11 is 0. The van der Waals surface area contributed by atoms with Gasteiger partial charge in [0.2, 0.25) is 0 Å². The highest BCUT2D eigenvalue weighted by molar-refractivity contribution is 5.94. The molecule has 0 radical (unpaired) electrons. The minimum atomic E-state index is -0.557. The Kier molecular flexibility index (Phi) is 5.18. The van der Waals surface area contributed by atoms with Crippen LogP contribution in [0.5, 0.6) is 0 Å².